The summed E-state index contributed by atoms with van der Waals surface area (Å²) in [5.41, 5.74) is -1.30. The number of fused-ring (bicyclic) bond motifs is 2. The Morgan fingerprint density at radius 2 is 2.15 bits per heavy atom. The standard InChI is InChI=1S/C22H31NO3/c1-5-26-12-21-10-16-14(4)6-7-17(16)20(11-23)9-15(21)8-18(13(2)3)22(20,21)19(24)25/h8,13-17H,5-7,9-10,12H2,1-4H3,(H,24,25)/t14?,15?,16?,17?,20-,21+,22?/m0/s1. The summed E-state index contributed by atoms with van der Waals surface area (Å²) < 4.78 is 5.95. The quantitative estimate of drug-likeness (QED) is 0.746. The molecule has 0 heterocycles. The number of carboxylic acid groups (broad SMARTS) is 1. The molecule has 1 N–H and O–H groups in total. The van der Waals surface area contributed by atoms with Crippen molar-refractivity contribution in [1.82, 2.24) is 0 Å². The molecule has 4 bridgehead atoms. The Hall–Kier alpha value is -1.34. The zero-order chi connectivity index (χ0) is 18.9. The normalized spacial score (nSPS) is 48.4. The third kappa shape index (κ3) is 1.68. The van der Waals surface area contributed by atoms with Crippen LogP contribution in [-0.4, -0.2) is 24.3 Å². The van der Waals surface area contributed by atoms with Crippen LogP contribution < -0.4 is 0 Å². The molecule has 5 unspecified atom stereocenters. The number of allylic oxidation sites excluding steroid dienone is 1. The Kier molecular flexibility index (Phi) is 3.87. The first kappa shape index (κ1) is 18.0. The van der Waals surface area contributed by atoms with Crippen molar-refractivity contribution in [3.8, 4) is 6.07 Å². The lowest BCUT2D eigenvalue weighted by Gasteiger charge is -2.57. The van der Waals surface area contributed by atoms with Crippen molar-refractivity contribution >= 4 is 5.97 Å². The summed E-state index contributed by atoms with van der Waals surface area (Å²) in [5, 5.41) is 21.2. The van der Waals surface area contributed by atoms with Gasteiger partial charge in [0.05, 0.1) is 18.1 Å². The number of ether oxygens (including phenoxy) is 1. The second-order valence-electron chi connectivity index (χ2n) is 9.55. The van der Waals surface area contributed by atoms with E-state index in [1.807, 2.05) is 6.92 Å². The van der Waals surface area contributed by atoms with Gasteiger partial charge in [-0.3, -0.25) is 4.79 Å². The van der Waals surface area contributed by atoms with Crippen molar-refractivity contribution in [2.45, 2.75) is 53.4 Å². The summed E-state index contributed by atoms with van der Waals surface area (Å²) in [5.74, 6) is 0.741. The highest BCUT2D eigenvalue weighted by Crippen LogP contribution is 2.83. The summed E-state index contributed by atoms with van der Waals surface area (Å²) in [6, 6.07) is 2.66. The van der Waals surface area contributed by atoms with Crippen LogP contribution >= 0.6 is 0 Å². The monoisotopic (exact) mass is 357 g/mol. The second-order valence-corrected chi connectivity index (χ2v) is 9.55. The van der Waals surface area contributed by atoms with Crippen molar-refractivity contribution in [2.75, 3.05) is 13.2 Å². The van der Waals surface area contributed by atoms with Crippen molar-refractivity contribution in [3.05, 3.63) is 11.6 Å². The summed E-state index contributed by atoms with van der Waals surface area (Å²) in [6.07, 6.45) is 5.94. The fourth-order valence-corrected chi connectivity index (χ4v) is 7.82. The third-order valence-corrected chi connectivity index (χ3v) is 8.60. The minimum absolute atomic E-state index is 0.139. The highest BCUT2D eigenvalue weighted by molar-refractivity contribution is 5.85. The predicted molar refractivity (Wildman–Crippen MR) is 98.1 cm³/mol. The molecule has 0 radical (unpaired) electrons. The first-order valence-electron chi connectivity index (χ1n) is 10.3. The number of hydrogen-bond donors (Lipinski definition) is 1. The first-order valence-corrected chi connectivity index (χ1v) is 10.3. The summed E-state index contributed by atoms with van der Waals surface area (Å²) in [4.78, 5) is 13.1. The molecule has 3 fully saturated rings. The molecule has 4 rings (SSSR count). The maximum atomic E-state index is 13.1. The van der Waals surface area contributed by atoms with Crippen molar-refractivity contribution in [1.29, 1.82) is 5.26 Å². The van der Waals surface area contributed by atoms with E-state index in [0.29, 0.717) is 31.5 Å². The highest BCUT2D eigenvalue weighted by atomic mass is 16.5. The van der Waals surface area contributed by atoms with Crippen LogP contribution in [0, 0.1) is 57.2 Å². The van der Waals surface area contributed by atoms with Crippen LogP contribution in [0.3, 0.4) is 0 Å². The number of hydrogen-bond acceptors (Lipinski definition) is 3. The molecule has 0 aromatic carbocycles. The minimum Gasteiger partial charge on any atom is -0.481 e. The molecule has 4 heteroatoms. The van der Waals surface area contributed by atoms with Crippen LogP contribution in [0.4, 0.5) is 0 Å². The van der Waals surface area contributed by atoms with Gasteiger partial charge in [0.1, 0.15) is 5.41 Å². The number of carbonyl (C=O) groups is 1. The summed E-state index contributed by atoms with van der Waals surface area (Å²) >= 11 is 0. The van der Waals surface area contributed by atoms with Gasteiger partial charge in [0, 0.05) is 12.0 Å². The minimum atomic E-state index is -1.08. The molecule has 4 nitrogen and oxygen atoms in total. The highest BCUT2D eigenvalue weighted by Gasteiger charge is 2.84. The van der Waals surface area contributed by atoms with Crippen LogP contribution in [0.2, 0.25) is 0 Å². The van der Waals surface area contributed by atoms with Crippen LogP contribution in [0.25, 0.3) is 0 Å². The van der Waals surface area contributed by atoms with Crippen molar-refractivity contribution in [3.63, 3.8) is 0 Å². The van der Waals surface area contributed by atoms with E-state index in [0.717, 1.165) is 24.8 Å². The first-order chi connectivity index (χ1) is 12.3. The van der Waals surface area contributed by atoms with Gasteiger partial charge in [-0.25, -0.2) is 0 Å². The molecule has 4 aliphatic rings. The van der Waals surface area contributed by atoms with Crippen LogP contribution in [0.15, 0.2) is 11.6 Å². The molecule has 0 aromatic heterocycles. The van der Waals surface area contributed by atoms with Gasteiger partial charge in [0.25, 0.3) is 0 Å². The smallest absolute Gasteiger partial charge is 0.316 e. The van der Waals surface area contributed by atoms with E-state index in [1.165, 1.54) is 0 Å². The van der Waals surface area contributed by atoms with E-state index in [4.69, 9.17) is 4.74 Å². The number of nitrogens with zero attached hydrogens (tertiary/aromatic N) is 1. The molecule has 0 aliphatic heterocycles. The van der Waals surface area contributed by atoms with Crippen LogP contribution in [-0.2, 0) is 9.53 Å². The molecular weight excluding hydrogens is 326 g/mol. The van der Waals surface area contributed by atoms with E-state index >= 15 is 0 Å². The Balaban J connectivity index is 1.99. The third-order valence-electron chi connectivity index (χ3n) is 8.60. The molecule has 0 saturated heterocycles. The molecule has 7 atom stereocenters. The molecular formula is C22H31NO3. The van der Waals surface area contributed by atoms with Gasteiger partial charge in [-0.1, -0.05) is 38.8 Å². The van der Waals surface area contributed by atoms with Gasteiger partial charge in [-0.05, 0) is 55.8 Å². The fourth-order valence-electron chi connectivity index (χ4n) is 7.82. The molecule has 0 spiro atoms. The van der Waals surface area contributed by atoms with Gasteiger partial charge < -0.3 is 9.84 Å². The molecule has 0 amide bonds. The molecule has 3 saturated carbocycles. The summed E-state index contributed by atoms with van der Waals surface area (Å²) in [6.45, 7) is 9.49. The number of aliphatic carboxylic acids is 1. The molecule has 142 valence electrons. The Bertz CT molecular complexity index is 707. The number of rotatable bonds is 5. The maximum absolute atomic E-state index is 13.1. The van der Waals surface area contributed by atoms with Gasteiger partial charge in [-0.15, -0.1) is 0 Å². The van der Waals surface area contributed by atoms with Gasteiger partial charge >= 0.3 is 5.97 Å². The lowest BCUT2D eigenvalue weighted by atomic mass is 9.43. The van der Waals surface area contributed by atoms with Crippen molar-refractivity contribution in [2.24, 2.45) is 45.8 Å². The molecule has 0 aromatic rings. The number of carboxylic acids is 1. The largest absolute Gasteiger partial charge is 0.481 e. The zero-order valence-electron chi connectivity index (χ0n) is 16.4. The SMILES string of the molecule is CCOC[C@]12CC3C(C)CCC3[C@@]3(C#N)CC1C=C(C(C)C)C23C(=O)O. The van der Waals surface area contributed by atoms with Gasteiger partial charge in [-0.2, -0.15) is 5.26 Å². The van der Waals surface area contributed by atoms with Gasteiger partial charge in [0.15, 0.2) is 0 Å². The van der Waals surface area contributed by atoms with Crippen LogP contribution in [0.1, 0.15) is 53.4 Å². The zero-order valence-corrected chi connectivity index (χ0v) is 16.4. The fraction of sp³-hybridized carbons (Fsp3) is 0.818. The maximum Gasteiger partial charge on any atom is 0.316 e. The predicted octanol–water partition coefficient (Wildman–Crippen LogP) is 4.27. The van der Waals surface area contributed by atoms with E-state index < -0.39 is 22.2 Å². The van der Waals surface area contributed by atoms with Crippen molar-refractivity contribution < 1.29 is 14.6 Å². The number of nitriles is 1. The second kappa shape index (κ2) is 5.58. The lowest BCUT2D eigenvalue weighted by Crippen LogP contribution is -2.62. The Labute approximate surface area is 156 Å². The Morgan fingerprint density at radius 1 is 1.42 bits per heavy atom. The average Bonchev–Trinajstić information content (AvgIpc) is 3.17. The van der Waals surface area contributed by atoms with E-state index in [-0.39, 0.29) is 17.8 Å². The lowest BCUT2D eigenvalue weighted by molar-refractivity contribution is -0.179. The molecule has 26 heavy (non-hydrogen) atoms. The van der Waals surface area contributed by atoms with Crippen LogP contribution in [0.5, 0.6) is 0 Å². The van der Waals surface area contributed by atoms with E-state index in [1.54, 1.807) is 0 Å². The van der Waals surface area contributed by atoms with E-state index in [2.05, 4.69) is 32.9 Å². The average molecular weight is 357 g/mol. The topological polar surface area (TPSA) is 70.3 Å². The Morgan fingerprint density at radius 3 is 2.73 bits per heavy atom. The summed E-state index contributed by atoms with van der Waals surface area (Å²) in [7, 11) is 0. The molecule has 4 aliphatic carbocycles. The van der Waals surface area contributed by atoms with Gasteiger partial charge in [0.2, 0.25) is 0 Å². The van der Waals surface area contributed by atoms with E-state index in [9.17, 15) is 15.2 Å².